The van der Waals surface area contributed by atoms with Gasteiger partial charge in [-0.25, -0.2) is 0 Å². The molecule has 1 aromatic heterocycles. The third-order valence-corrected chi connectivity index (χ3v) is 3.20. The first-order valence-corrected chi connectivity index (χ1v) is 7.58. The van der Waals surface area contributed by atoms with Crippen molar-refractivity contribution in [2.45, 2.75) is 38.5 Å². The maximum Gasteiger partial charge on any atom is 0.254 e. The second-order valence-electron chi connectivity index (χ2n) is 6.28. The molecule has 23 heavy (non-hydrogen) atoms. The molecule has 0 bridgehead atoms. The van der Waals surface area contributed by atoms with Crippen molar-refractivity contribution in [3.63, 3.8) is 0 Å². The third-order valence-electron chi connectivity index (χ3n) is 3.20. The number of furan rings is 1. The minimum absolute atomic E-state index is 0.254. The molecule has 1 heterocycles. The Hall–Kier alpha value is -2.11. The van der Waals surface area contributed by atoms with E-state index >= 15 is 0 Å². The summed E-state index contributed by atoms with van der Waals surface area (Å²) >= 11 is 0. The van der Waals surface area contributed by atoms with Crippen LogP contribution in [0.15, 0.2) is 53.1 Å². The smallest absolute Gasteiger partial charge is 0.254 e. The monoisotopic (exact) mass is 317 g/mol. The highest BCUT2D eigenvalue weighted by Crippen LogP contribution is 2.25. The average Bonchev–Trinajstić information content (AvgIpc) is 3.04. The van der Waals surface area contributed by atoms with Crippen LogP contribution in [0.2, 0.25) is 0 Å². The van der Waals surface area contributed by atoms with Gasteiger partial charge in [-0.15, -0.1) is 0 Å². The second-order valence-corrected chi connectivity index (χ2v) is 6.28. The number of aliphatic hydroxyl groups is 1. The van der Waals surface area contributed by atoms with Crippen LogP contribution < -0.4 is 5.32 Å². The van der Waals surface area contributed by atoms with E-state index in [-0.39, 0.29) is 12.5 Å². The van der Waals surface area contributed by atoms with Crippen LogP contribution >= 0.6 is 0 Å². The molecule has 5 nitrogen and oxygen atoms in total. The van der Waals surface area contributed by atoms with Gasteiger partial charge in [-0.05, 0) is 38.5 Å². The molecule has 2 rings (SSSR count). The molecule has 0 aliphatic rings. The molecule has 2 N–H and O–H groups in total. The molecule has 2 atom stereocenters. The number of rotatable bonds is 6. The normalized spacial score (nSPS) is 14.3. The van der Waals surface area contributed by atoms with E-state index in [1.54, 1.807) is 12.1 Å². The van der Waals surface area contributed by atoms with E-state index in [9.17, 15) is 9.90 Å². The predicted molar refractivity (Wildman–Crippen MR) is 86.7 cm³/mol. The third kappa shape index (κ3) is 4.94. The maximum absolute atomic E-state index is 12.7. The van der Waals surface area contributed by atoms with Crippen LogP contribution in [0.5, 0.6) is 0 Å². The van der Waals surface area contributed by atoms with E-state index in [2.05, 4.69) is 5.32 Å². The molecule has 0 spiro atoms. The van der Waals surface area contributed by atoms with Gasteiger partial charge in [0.25, 0.3) is 5.91 Å². The van der Waals surface area contributed by atoms with Gasteiger partial charge < -0.3 is 19.6 Å². The summed E-state index contributed by atoms with van der Waals surface area (Å²) in [6.07, 6.45) is 0.741. The highest BCUT2D eigenvalue weighted by molar-refractivity contribution is 5.82. The fourth-order valence-electron chi connectivity index (χ4n) is 2.20. The first-order chi connectivity index (χ1) is 10.9. The Morgan fingerprint density at radius 2 is 1.91 bits per heavy atom. The summed E-state index contributed by atoms with van der Waals surface area (Å²) in [6.45, 7) is 5.43. The van der Waals surface area contributed by atoms with Gasteiger partial charge in [-0.2, -0.15) is 0 Å². The second kappa shape index (κ2) is 7.44. The first-order valence-electron chi connectivity index (χ1n) is 7.58. The van der Waals surface area contributed by atoms with Crippen LogP contribution in [0.4, 0.5) is 0 Å². The lowest BCUT2D eigenvalue weighted by Crippen LogP contribution is -2.38. The van der Waals surface area contributed by atoms with Gasteiger partial charge in [-0.1, -0.05) is 30.3 Å². The summed E-state index contributed by atoms with van der Waals surface area (Å²) in [5.41, 5.74) is 0.271. The lowest BCUT2D eigenvalue weighted by molar-refractivity contribution is -0.144. The Morgan fingerprint density at radius 3 is 2.43 bits per heavy atom. The van der Waals surface area contributed by atoms with Crippen LogP contribution in [0, 0.1) is 0 Å². The predicted octanol–water partition coefficient (Wildman–Crippen LogP) is 2.99. The molecule has 2 aromatic rings. The Bertz CT molecular complexity index is 602. The Morgan fingerprint density at radius 1 is 1.22 bits per heavy atom. The van der Waals surface area contributed by atoms with Crippen molar-refractivity contribution in [3.8, 4) is 0 Å². The Balaban J connectivity index is 2.19. The van der Waals surface area contributed by atoms with E-state index < -0.39 is 17.7 Å². The van der Waals surface area contributed by atoms with Crippen molar-refractivity contribution in [2.75, 3.05) is 6.61 Å². The number of benzene rings is 1. The van der Waals surface area contributed by atoms with E-state index in [1.165, 1.54) is 6.26 Å². The number of carbonyl (C=O) groups excluding carboxylic acids is 1. The minimum Gasteiger partial charge on any atom is -0.467 e. The topological polar surface area (TPSA) is 71.7 Å². The lowest BCUT2D eigenvalue weighted by atomic mass is 10.1. The highest BCUT2D eigenvalue weighted by atomic mass is 16.5. The van der Waals surface area contributed by atoms with Gasteiger partial charge in [0.2, 0.25) is 0 Å². The van der Waals surface area contributed by atoms with Crippen LogP contribution in [-0.4, -0.2) is 23.2 Å². The minimum atomic E-state index is -0.764. The van der Waals surface area contributed by atoms with Gasteiger partial charge in [0.15, 0.2) is 6.10 Å². The largest absolute Gasteiger partial charge is 0.467 e. The summed E-state index contributed by atoms with van der Waals surface area (Å²) in [5, 5.41) is 12.3. The van der Waals surface area contributed by atoms with Crippen LogP contribution in [0.25, 0.3) is 0 Å². The number of hydrogen-bond acceptors (Lipinski definition) is 4. The molecule has 0 fully saturated rings. The summed E-state index contributed by atoms with van der Waals surface area (Å²) in [7, 11) is 0. The van der Waals surface area contributed by atoms with E-state index in [1.807, 2.05) is 51.1 Å². The zero-order chi connectivity index (χ0) is 16.9. The molecular weight excluding hydrogens is 294 g/mol. The molecule has 124 valence electrons. The number of carbonyl (C=O) groups is 1. The molecular formula is C18H23NO4. The zero-order valence-electron chi connectivity index (χ0n) is 13.7. The molecule has 0 saturated carbocycles. The fraction of sp³-hybridized carbons (Fsp3) is 0.389. The first kappa shape index (κ1) is 17.2. The van der Waals surface area contributed by atoms with Crippen molar-refractivity contribution in [1.82, 2.24) is 5.32 Å². The van der Waals surface area contributed by atoms with Gasteiger partial charge >= 0.3 is 0 Å². The lowest BCUT2D eigenvalue weighted by Gasteiger charge is -2.28. The van der Waals surface area contributed by atoms with Crippen molar-refractivity contribution in [2.24, 2.45) is 0 Å². The summed E-state index contributed by atoms with van der Waals surface area (Å²) in [5.74, 6) is 0.185. The summed E-state index contributed by atoms with van der Waals surface area (Å²) in [4.78, 5) is 12.7. The van der Waals surface area contributed by atoms with Crippen molar-refractivity contribution in [3.05, 3.63) is 60.1 Å². The highest BCUT2D eigenvalue weighted by Gasteiger charge is 2.29. The summed E-state index contributed by atoms with van der Waals surface area (Å²) in [6, 6.07) is 12.1. The van der Waals surface area contributed by atoms with Crippen molar-refractivity contribution >= 4 is 5.91 Å². The fourth-order valence-corrected chi connectivity index (χ4v) is 2.20. The molecule has 5 heteroatoms. The maximum atomic E-state index is 12.7. The number of ether oxygens (including phenoxy) is 1. The molecule has 2 unspecified atom stereocenters. The van der Waals surface area contributed by atoms with Crippen LogP contribution in [-0.2, 0) is 9.53 Å². The van der Waals surface area contributed by atoms with Crippen LogP contribution in [0.3, 0.4) is 0 Å². The SMILES string of the molecule is CC(C)(C)OC(C(=O)NC(CO)c1ccco1)c1ccccc1. The quantitative estimate of drug-likeness (QED) is 0.859. The summed E-state index contributed by atoms with van der Waals surface area (Å²) < 4.78 is 11.2. The van der Waals surface area contributed by atoms with Gasteiger partial charge in [-0.3, -0.25) is 4.79 Å². The van der Waals surface area contributed by atoms with E-state index in [4.69, 9.17) is 9.15 Å². The van der Waals surface area contributed by atoms with Gasteiger partial charge in [0.1, 0.15) is 11.8 Å². The standard InChI is InChI=1S/C18H23NO4/c1-18(2,3)23-16(13-8-5-4-6-9-13)17(21)19-14(12-20)15-10-7-11-22-15/h4-11,14,16,20H,12H2,1-3H3,(H,19,21). The van der Waals surface area contributed by atoms with Gasteiger partial charge in [0, 0.05) is 0 Å². The number of hydrogen-bond donors (Lipinski definition) is 2. The number of nitrogens with one attached hydrogen (secondary N) is 1. The van der Waals surface area contributed by atoms with Gasteiger partial charge in [0.05, 0.1) is 18.5 Å². The van der Waals surface area contributed by atoms with Crippen LogP contribution in [0.1, 0.15) is 44.2 Å². The molecule has 0 radical (unpaired) electrons. The molecule has 1 aromatic carbocycles. The van der Waals surface area contributed by atoms with E-state index in [0.717, 1.165) is 5.56 Å². The zero-order valence-corrected chi connectivity index (χ0v) is 13.7. The number of amides is 1. The molecule has 0 saturated heterocycles. The molecule has 1 amide bonds. The average molecular weight is 317 g/mol. The van der Waals surface area contributed by atoms with E-state index in [0.29, 0.717) is 5.76 Å². The van der Waals surface area contributed by atoms with Crippen molar-refractivity contribution < 1.29 is 19.1 Å². The number of aliphatic hydroxyl groups excluding tert-OH is 1. The molecule has 0 aliphatic heterocycles. The molecule has 0 aliphatic carbocycles. The van der Waals surface area contributed by atoms with Crippen molar-refractivity contribution in [1.29, 1.82) is 0 Å². The Kier molecular flexibility index (Phi) is 5.58. The Labute approximate surface area is 136 Å².